The minimum Gasteiger partial charge on any atom is -0.486 e. The minimum absolute atomic E-state index is 0.0497. The van der Waals surface area contributed by atoms with Crippen LogP contribution in [-0.4, -0.2) is 74.2 Å². The third kappa shape index (κ3) is 3.49. The molecule has 3 aliphatic heterocycles. The van der Waals surface area contributed by atoms with Crippen molar-refractivity contribution in [2.45, 2.75) is 12.8 Å². The molecule has 26 heavy (non-hydrogen) atoms. The van der Waals surface area contributed by atoms with Gasteiger partial charge in [-0.25, -0.2) is 4.79 Å². The molecule has 3 heterocycles. The highest BCUT2D eigenvalue weighted by atomic mass is 16.6. The summed E-state index contributed by atoms with van der Waals surface area (Å²) in [7, 11) is 0. The molecule has 1 aromatic rings. The molecule has 0 spiro atoms. The second kappa shape index (κ2) is 7.53. The lowest BCUT2D eigenvalue weighted by atomic mass is 9.89. The van der Waals surface area contributed by atoms with Crippen LogP contribution in [0.15, 0.2) is 18.2 Å². The predicted octanol–water partition coefficient (Wildman–Crippen LogP) is 1.80. The van der Waals surface area contributed by atoms with Crippen molar-refractivity contribution in [3.8, 4) is 11.5 Å². The van der Waals surface area contributed by atoms with E-state index in [0.29, 0.717) is 82.5 Å². The van der Waals surface area contributed by atoms with Crippen LogP contribution in [0.25, 0.3) is 0 Å². The van der Waals surface area contributed by atoms with E-state index in [1.807, 2.05) is 9.80 Å². The number of hydrogen-bond acceptors (Lipinski definition) is 5. The second-order valence-electron chi connectivity index (χ2n) is 6.87. The van der Waals surface area contributed by atoms with Crippen LogP contribution in [0.5, 0.6) is 11.5 Å². The van der Waals surface area contributed by atoms with Crippen molar-refractivity contribution in [3.05, 3.63) is 23.8 Å². The summed E-state index contributed by atoms with van der Waals surface area (Å²) in [5.41, 5.74) is 0.659. The van der Waals surface area contributed by atoms with Gasteiger partial charge >= 0.3 is 6.03 Å². The molecular formula is C19H24N2O5. The third-order valence-electron chi connectivity index (χ3n) is 5.24. The molecule has 2 amide bonds. The highest BCUT2D eigenvalue weighted by molar-refractivity contribution is 5.98. The summed E-state index contributed by atoms with van der Waals surface area (Å²) in [6, 6.07) is 5.46. The Morgan fingerprint density at radius 2 is 1.50 bits per heavy atom. The maximum absolute atomic E-state index is 12.8. The zero-order valence-corrected chi connectivity index (χ0v) is 14.8. The summed E-state index contributed by atoms with van der Waals surface area (Å²) in [5.74, 6) is 1.41. The topological polar surface area (TPSA) is 68.3 Å². The number of carbonyl (C=O) groups excluding carboxylic acids is 2. The predicted molar refractivity (Wildman–Crippen MR) is 93.8 cm³/mol. The molecule has 2 saturated heterocycles. The quantitative estimate of drug-likeness (QED) is 0.753. The summed E-state index contributed by atoms with van der Waals surface area (Å²) in [6.07, 6.45) is 1.40. The summed E-state index contributed by atoms with van der Waals surface area (Å²) in [4.78, 5) is 29.1. The number of nitrogens with zero attached hydrogens (tertiary/aromatic N) is 2. The van der Waals surface area contributed by atoms with Crippen molar-refractivity contribution in [3.63, 3.8) is 0 Å². The first-order valence-corrected chi connectivity index (χ1v) is 9.28. The summed E-state index contributed by atoms with van der Waals surface area (Å²) in [5, 5.41) is 0. The van der Waals surface area contributed by atoms with E-state index in [-0.39, 0.29) is 17.7 Å². The monoisotopic (exact) mass is 360 g/mol. The first-order chi connectivity index (χ1) is 12.7. The fourth-order valence-electron chi connectivity index (χ4n) is 3.72. The highest BCUT2D eigenvalue weighted by Gasteiger charge is 2.31. The number of piperidine rings is 1. The highest BCUT2D eigenvalue weighted by Crippen LogP contribution is 2.32. The van der Waals surface area contributed by atoms with Crippen LogP contribution in [0.3, 0.4) is 0 Å². The number of carbonyl (C=O) groups is 2. The number of amides is 2. The molecule has 4 rings (SSSR count). The largest absolute Gasteiger partial charge is 0.486 e. The zero-order chi connectivity index (χ0) is 17.9. The van der Waals surface area contributed by atoms with Gasteiger partial charge in [0.2, 0.25) is 0 Å². The molecule has 0 radical (unpaired) electrons. The molecule has 0 unspecified atom stereocenters. The van der Waals surface area contributed by atoms with E-state index in [0.717, 1.165) is 0 Å². The molecule has 7 nitrogen and oxygen atoms in total. The number of likely N-dealkylation sites (tertiary alicyclic amines) is 1. The van der Waals surface area contributed by atoms with Crippen molar-refractivity contribution in [1.29, 1.82) is 0 Å². The van der Waals surface area contributed by atoms with Crippen molar-refractivity contribution < 1.29 is 23.8 Å². The van der Waals surface area contributed by atoms with Gasteiger partial charge in [-0.15, -0.1) is 0 Å². The molecule has 0 aliphatic carbocycles. The number of hydrogen-bond donors (Lipinski definition) is 0. The van der Waals surface area contributed by atoms with E-state index in [1.54, 1.807) is 18.2 Å². The van der Waals surface area contributed by atoms with Gasteiger partial charge < -0.3 is 24.0 Å². The number of urea groups is 1. The van der Waals surface area contributed by atoms with Crippen molar-refractivity contribution in [2.75, 3.05) is 52.6 Å². The van der Waals surface area contributed by atoms with Crippen molar-refractivity contribution >= 4 is 11.8 Å². The van der Waals surface area contributed by atoms with Crippen LogP contribution >= 0.6 is 0 Å². The van der Waals surface area contributed by atoms with E-state index in [4.69, 9.17) is 14.2 Å². The Balaban J connectivity index is 1.35. The molecule has 0 N–H and O–H groups in total. The van der Waals surface area contributed by atoms with Gasteiger partial charge in [-0.3, -0.25) is 4.79 Å². The maximum atomic E-state index is 12.8. The van der Waals surface area contributed by atoms with Crippen LogP contribution < -0.4 is 9.47 Å². The van der Waals surface area contributed by atoms with Gasteiger partial charge in [0.15, 0.2) is 17.3 Å². The fraction of sp³-hybridized carbons (Fsp3) is 0.579. The van der Waals surface area contributed by atoms with E-state index in [1.165, 1.54) is 0 Å². The molecule has 140 valence electrons. The Labute approximate surface area is 152 Å². The Bertz CT molecular complexity index is 679. The number of morpholine rings is 1. The van der Waals surface area contributed by atoms with Crippen LogP contribution in [0.4, 0.5) is 4.79 Å². The van der Waals surface area contributed by atoms with Gasteiger partial charge in [0.05, 0.1) is 13.2 Å². The first-order valence-electron chi connectivity index (χ1n) is 9.28. The molecule has 7 heteroatoms. The summed E-state index contributed by atoms with van der Waals surface area (Å²) in [6.45, 7) is 4.79. The molecule has 0 atom stereocenters. The lowest BCUT2D eigenvalue weighted by molar-refractivity contribution is 0.0397. The average Bonchev–Trinajstić information content (AvgIpc) is 2.73. The molecule has 0 aromatic heterocycles. The number of ketones is 1. The van der Waals surface area contributed by atoms with Gasteiger partial charge in [0.25, 0.3) is 0 Å². The smallest absolute Gasteiger partial charge is 0.320 e. The van der Waals surface area contributed by atoms with Gasteiger partial charge in [-0.1, -0.05) is 0 Å². The third-order valence-corrected chi connectivity index (χ3v) is 5.24. The molecule has 1 aromatic carbocycles. The lowest BCUT2D eigenvalue weighted by Gasteiger charge is -2.36. The molecular weight excluding hydrogens is 336 g/mol. The number of fused-ring (bicyclic) bond motifs is 1. The Morgan fingerprint density at radius 1 is 0.846 bits per heavy atom. The van der Waals surface area contributed by atoms with E-state index >= 15 is 0 Å². The number of ether oxygens (including phenoxy) is 3. The van der Waals surface area contributed by atoms with Gasteiger partial charge in [-0.05, 0) is 31.0 Å². The number of Topliss-reactive ketones (excluding diaryl/α,β-unsaturated/α-hetero) is 1. The Kier molecular flexibility index (Phi) is 4.97. The first kappa shape index (κ1) is 17.1. The van der Waals surface area contributed by atoms with Crippen LogP contribution in [0.1, 0.15) is 23.2 Å². The normalized spacial score (nSPS) is 20.8. The van der Waals surface area contributed by atoms with Crippen molar-refractivity contribution in [1.82, 2.24) is 9.80 Å². The van der Waals surface area contributed by atoms with E-state index < -0.39 is 0 Å². The number of benzene rings is 1. The Morgan fingerprint density at radius 3 is 2.23 bits per heavy atom. The van der Waals surface area contributed by atoms with Crippen LogP contribution in [0.2, 0.25) is 0 Å². The van der Waals surface area contributed by atoms with Crippen molar-refractivity contribution in [2.24, 2.45) is 5.92 Å². The van der Waals surface area contributed by atoms with Gasteiger partial charge in [-0.2, -0.15) is 0 Å². The average molecular weight is 360 g/mol. The maximum Gasteiger partial charge on any atom is 0.320 e. The molecule has 0 saturated carbocycles. The summed E-state index contributed by atoms with van der Waals surface area (Å²) >= 11 is 0. The van der Waals surface area contributed by atoms with E-state index in [9.17, 15) is 9.59 Å². The molecule has 3 aliphatic rings. The van der Waals surface area contributed by atoms with Crippen LogP contribution in [-0.2, 0) is 4.74 Å². The minimum atomic E-state index is -0.0497. The lowest BCUT2D eigenvalue weighted by Crippen LogP contribution is -2.50. The molecule has 2 fully saturated rings. The SMILES string of the molecule is O=C(c1ccc2c(c1)OCCO2)C1CCN(C(=O)N2CCOCC2)CC1. The number of rotatable bonds is 2. The van der Waals surface area contributed by atoms with Gasteiger partial charge in [0, 0.05) is 37.7 Å². The fourth-order valence-corrected chi connectivity index (χ4v) is 3.72. The van der Waals surface area contributed by atoms with Gasteiger partial charge in [0.1, 0.15) is 13.2 Å². The second-order valence-corrected chi connectivity index (χ2v) is 6.87. The van der Waals surface area contributed by atoms with Crippen LogP contribution in [0, 0.1) is 5.92 Å². The standard InChI is InChI=1S/C19H24N2O5/c22-18(15-1-2-16-17(13-15)26-12-11-25-16)14-3-5-20(6-4-14)19(23)21-7-9-24-10-8-21/h1-2,13-14H,3-12H2. The van der Waals surface area contributed by atoms with E-state index in [2.05, 4.69) is 0 Å². The zero-order valence-electron chi connectivity index (χ0n) is 14.8. The summed E-state index contributed by atoms with van der Waals surface area (Å²) < 4.78 is 16.4. The Hall–Kier alpha value is -2.28. The molecule has 0 bridgehead atoms.